The quantitative estimate of drug-likeness (QED) is 0.727. The van der Waals surface area contributed by atoms with Crippen molar-refractivity contribution in [1.29, 1.82) is 0 Å². The van der Waals surface area contributed by atoms with Gasteiger partial charge in [-0.15, -0.1) is 0 Å². The SMILES string of the molecule is CC1(CC(=O)C23CC4CC(CC(C4)C2)C3)C=CC=CC1. The first-order valence-electron chi connectivity index (χ1n) is 8.45. The van der Waals surface area contributed by atoms with Crippen molar-refractivity contribution in [3.05, 3.63) is 24.3 Å². The number of carbonyl (C=O) groups excluding carboxylic acids is 1. The molecule has 4 saturated carbocycles. The molecule has 0 radical (unpaired) electrons. The third kappa shape index (κ3) is 2.01. The minimum Gasteiger partial charge on any atom is -0.299 e. The molecule has 0 aromatic heterocycles. The molecule has 1 nitrogen and oxygen atoms in total. The molecular weight excluding hydrogens is 244 g/mol. The van der Waals surface area contributed by atoms with Crippen LogP contribution in [0.4, 0.5) is 0 Å². The third-order valence-electron chi connectivity index (χ3n) is 6.52. The molecule has 5 aliphatic carbocycles. The molecule has 0 N–H and O–H groups in total. The molecule has 0 amide bonds. The van der Waals surface area contributed by atoms with Gasteiger partial charge in [0, 0.05) is 11.8 Å². The van der Waals surface area contributed by atoms with E-state index < -0.39 is 0 Å². The van der Waals surface area contributed by atoms with Gasteiger partial charge in [0.1, 0.15) is 5.78 Å². The summed E-state index contributed by atoms with van der Waals surface area (Å²) in [5, 5.41) is 0. The van der Waals surface area contributed by atoms with E-state index in [9.17, 15) is 4.79 Å². The van der Waals surface area contributed by atoms with Gasteiger partial charge in [0.05, 0.1) is 0 Å². The van der Waals surface area contributed by atoms with Gasteiger partial charge in [0.15, 0.2) is 0 Å². The molecule has 4 fully saturated rings. The van der Waals surface area contributed by atoms with Crippen molar-refractivity contribution in [3.8, 4) is 0 Å². The molecule has 0 aliphatic heterocycles. The minimum absolute atomic E-state index is 0.0785. The molecule has 5 aliphatic rings. The summed E-state index contributed by atoms with van der Waals surface area (Å²) in [6.45, 7) is 2.26. The lowest BCUT2D eigenvalue weighted by Crippen LogP contribution is -2.50. The van der Waals surface area contributed by atoms with Crippen LogP contribution in [0, 0.1) is 28.6 Å². The Morgan fingerprint density at radius 2 is 1.65 bits per heavy atom. The number of hydrogen-bond donors (Lipinski definition) is 0. The van der Waals surface area contributed by atoms with Crippen LogP contribution in [0.25, 0.3) is 0 Å². The van der Waals surface area contributed by atoms with Crippen molar-refractivity contribution in [3.63, 3.8) is 0 Å². The monoisotopic (exact) mass is 270 g/mol. The van der Waals surface area contributed by atoms with Gasteiger partial charge in [-0.2, -0.15) is 0 Å². The van der Waals surface area contributed by atoms with Gasteiger partial charge in [0.25, 0.3) is 0 Å². The Hall–Kier alpha value is -0.850. The van der Waals surface area contributed by atoms with Crippen LogP contribution >= 0.6 is 0 Å². The van der Waals surface area contributed by atoms with E-state index in [0.29, 0.717) is 5.78 Å². The van der Waals surface area contributed by atoms with E-state index in [1.54, 1.807) is 0 Å². The summed E-state index contributed by atoms with van der Waals surface area (Å²) in [7, 11) is 0. The van der Waals surface area contributed by atoms with E-state index in [0.717, 1.165) is 30.6 Å². The van der Waals surface area contributed by atoms with Gasteiger partial charge < -0.3 is 0 Å². The predicted octanol–water partition coefficient (Wildman–Crippen LogP) is 4.68. The van der Waals surface area contributed by atoms with E-state index in [1.807, 2.05) is 0 Å². The van der Waals surface area contributed by atoms with Gasteiger partial charge in [-0.3, -0.25) is 4.79 Å². The first kappa shape index (κ1) is 12.9. The molecule has 0 aromatic rings. The van der Waals surface area contributed by atoms with E-state index in [4.69, 9.17) is 0 Å². The number of rotatable bonds is 3. The molecule has 0 spiro atoms. The van der Waals surface area contributed by atoms with E-state index in [1.165, 1.54) is 38.5 Å². The smallest absolute Gasteiger partial charge is 0.139 e. The number of hydrogen-bond acceptors (Lipinski definition) is 1. The maximum absolute atomic E-state index is 13.1. The summed E-state index contributed by atoms with van der Waals surface area (Å²) >= 11 is 0. The van der Waals surface area contributed by atoms with Crippen molar-refractivity contribution in [2.45, 2.75) is 58.3 Å². The first-order valence-corrected chi connectivity index (χ1v) is 8.45. The van der Waals surface area contributed by atoms with E-state index in [-0.39, 0.29) is 10.8 Å². The second-order valence-corrected chi connectivity index (χ2v) is 8.44. The van der Waals surface area contributed by atoms with Crippen LogP contribution in [0.15, 0.2) is 24.3 Å². The highest BCUT2D eigenvalue weighted by atomic mass is 16.1. The fraction of sp³-hybridized carbons (Fsp3) is 0.737. The van der Waals surface area contributed by atoms with E-state index >= 15 is 0 Å². The van der Waals surface area contributed by atoms with Crippen LogP contribution in [0.2, 0.25) is 0 Å². The van der Waals surface area contributed by atoms with Gasteiger partial charge in [-0.1, -0.05) is 31.2 Å². The lowest BCUT2D eigenvalue weighted by Gasteiger charge is -2.56. The molecule has 1 heteroatoms. The Labute approximate surface area is 122 Å². The molecule has 0 saturated heterocycles. The number of ketones is 1. The topological polar surface area (TPSA) is 17.1 Å². The van der Waals surface area contributed by atoms with Crippen molar-refractivity contribution in [1.82, 2.24) is 0 Å². The average Bonchev–Trinajstić information content (AvgIpc) is 2.37. The highest BCUT2D eigenvalue weighted by molar-refractivity contribution is 5.86. The second-order valence-electron chi connectivity index (χ2n) is 8.44. The molecule has 0 heterocycles. The van der Waals surface area contributed by atoms with Gasteiger partial charge in [-0.25, -0.2) is 0 Å². The van der Waals surface area contributed by atoms with Crippen LogP contribution in [0.5, 0.6) is 0 Å². The molecule has 1 atom stereocenters. The van der Waals surface area contributed by atoms with Crippen molar-refractivity contribution >= 4 is 5.78 Å². The number of carbonyl (C=O) groups is 1. The zero-order chi connectivity index (χ0) is 13.8. The molecule has 4 bridgehead atoms. The molecule has 108 valence electrons. The number of allylic oxidation sites excluding steroid dienone is 4. The highest BCUT2D eigenvalue weighted by Crippen LogP contribution is 2.61. The van der Waals surface area contributed by atoms with Crippen molar-refractivity contribution in [2.24, 2.45) is 28.6 Å². The van der Waals surface area contributed by atoms with Crippen molar-refractivity contribution in [2.75, 3.05) is 0 Å². The van der Waals surface area contributed by atoms with E-state index in [2.05, 4.69) is 31.2 Å². The van der Waals surface area contributed by atoms with Crippen LogP contribution in [0.1, 0.15) is 58.3 Å². The zero-order valence-corrected chi connectivity index (χ0v) is 12.6. The number of Topliss-reactive ketones (excluding diaryl/α,β-unsaturated/α-hetero) is 1. The second kappa shape index (κ2) is 4.32. The van der Waals surface area contributed by atoms with Gasteiger partial charge in [0.2, 0.25) is 0 Å². The summed E-state index contributed by atoms with van der Waals surface area (Å²) in [5.74, 6) is 3.22. The standard InChI is InChI=1S/C19H26O/c1-18(5-3-2-4-6-18)13-17(20)19-10-14-7-15(11-19)9-16(8-14)12-19/h2-5,14-16H,6-13H2,1H3. The van der Waals surface area contributed by atoms with Gasteiger partial charge >= 0.3 is 0 Å². The normalized spacial score (nSPS) is 48.8. The summed E-state index contributed by atoms with van der Waals surface area (Å²) in [5.41, 5.74) is 0.169. The lowest BCUT2D eigenvalue weighted by atomic mass is 9.48. The molecular formula is C19H26O. The molecule has 5 rings (SSSR count). The Bertz CT molecular complexity index is 449. The summed E-state index contributed by atoms with van der Waals surface area (Å²) in [4.78, 5) is 13.1. The average molecular weight is 270 g/mol. The Kier molecular flexibility index (Phi) is 2.78. The summed E-state index contributed by atoms with van der Waals surface area (Å²) < 4.78 is 0. The fourth-order valence-corrected chi connectivity index (χ4v) is 5.91. The molecule has 1 unspecified atom stereocenters. The third-order valence-corrected chi connectivity index (χ3v) is 6.52. The van der Waals surface area contributed by atoms with Crippen molar-refractivity contribution < 1.29 is 4.79 Å². The maximum atomic E-state index is 13.1. The lowest BCUT2D eigenvalue weighted by molar-refractivity contribution is -0.145. The van der Waals surface area contributed by atoms with Crippen LogP contribution in [-0.4, -0.2) is 5.78 Å². The van der Waals surface area contributed by atoms with Crippen LogP contribution in [-0.2, 0) is 4.79 Å². The Balaban J connectivity index is 1.54. The summed E-state index contributed by atoms with van der Waals surface area (Å²) in [6.07, 6.45) is 18.4. The largest absolute Gasteiger partial charge is 0.299 e. The van der Waals surface area contributed by atoms with Gasteiger partial charge in [-0.05, 0) is 68.1 Å². The minimum atomic E-state index is 0.0785. The van der Waals surface area contributed by atoms with Crippen LogP contribution < -0.4 is 0 Å². The Morgan fingerprint density at radius 1 is 1.05 bits per heavy atom. The molecule has 20 heavy (non-hydrogen) atoms. The predicted molar refractivity (Wildman–Crippen MR) is 81.2 cm³/mol. The van der Waals surface area contributed by atoms with Crippen LogP contribution in [0.3, 0.4) is 0 Å². The Morgan fingerprint density at radius 3 is 2.15 bits per heavy atom. The first-order chi connectivity index (χ1) is 9.57. The highest BCUT2D eigenvalue weighted by Gasteiger charge is 2.54. The molecule has 0 aromatic carbocycles. The summed E-state index contributed by atoms with van der Waals surface area (Å²) in [6, 6.07) is 0. The zero-order valence-electron chi connectivity index (χ0n) is 12.6. The fourth-order valence-electron chi connectivity index (χ4n) is 5.91. The maximum Gasteiger partial charge on any atom is 0.139 e.